The minimum absolute atomic E-state index is 0.260. The van der Waals surface area contributed by atoms with Crippen LogP contribution >= 0.6 is 0 Å². The van der Waals surface area contributed by atoms with Gasteiger partial charge in [-0.05, 0) is 44.6 Å². The van der Waals surface area contributed by atoms with Crippen molar-refractivity contribution in [3.63, 3.8) is 0 Å². The maximum atomic E-state index is 11.4. The minimum Gasteiger partial charge on any atom is -0.311 e. The van der Waals surface area contributed by atoms with Gasteiger partial charge in [-0.1, -0.05) is 6.92 Å². The van der Waals surface area contributed by atoms with Gasteiger partial charge in [0.25, 0.3) is 0 Å². The van der Waals surface area contributed by atoms with Gasteiger partial charge in [-0.15, -0.1) is 0 Å². The average Bonchev–Trinajstić information content (AvgIpc) is 2.67. The van der Waals surface area contributed by atoms with E-state index in [1.807, 2.05) is 0 Å². The van der Waals surface area contributed by atoms with Crippen LogP contribution in [0, 0.1) is 5.92 Å². The van der Waals surface area contributed by atoms with E-state index in [2.05, 4.69) is 12.2 Å². The molecule has 0 saturated carbocycles. The number of sulfone groups is 1. The van der Waals surface area contributed by atoms with Crippen LogP contribution in [0.1, 0.15) is 39.0 Å². The quantitative estimate of drug-likeness (QED) is 0.780. The summed E-state index contributed by atoms with van der Waals surface area (Å²) in [7, 11) is -2.71. The fourth-order valence-electron chi connectivity index (χ4n) is 3.21. The van der Waals surface area contributed by atoms with Crippen molar-refractivity contribution >= 4 is 9.84 Å². The lowest BCUT2D eigenvalue weighted by atomic mass is 9.77. The van der Waals surface area contributed by atoms with Crippen molar-refractivity contribution in [2.24, 2.45) is 5.92 Å². The number of hydrogen-bond acceptors (Lipinski definition) is 3. The van der Waals surface area contributed by atoms with E-state index in [1.54, 1.807) is 0 Å². The Hall–Kier alpha value is -0.0900. The predicted molar refractivity (Wildman–Crippen MR) is 61.6 cm³/mol. The molecule has 1 N–H and O–H groups in total. The molecule has 2 aliphatic rings. The lowest BCUT2D eigenvalue weighted by molar-refractivity contribution is 0.212. The summed E-state index contributed by atoms with van der Waals surface area (Å²) in [6.45, 7) is 3.33. The molecule has 2 aliphatic heterocycles. The third-order valence-electron chi connectivity index (χ3n) is 4.24. The monoisotopic (exact) mass is 231 g/mol. The summed E-state index contributed by atoms with van der Waals surface area (Å²) in [5.41, 5.74) is 0.260. The van der Waals surface area contributed by atoms with Crippen molar-refractivity contribution in [2.45, 2.75) is 44.6 Å². The Morgan fingerprint density at radius 2 is 2.00 bits per heavy atom. The molecule has 0 aromatic heterocycles. The first-order valence-electron chi connectivity index (χ1n) is 6.03. The zero-order valence-corrected chi connectivity index (χ0v) is 10.3. The zero-order valence-electron chi connectivity index (χ0n) is 9.46. The Morgan fingerprint density at radius 3 is 2.47 bits per heavy atom. The van der Waals surface area contributed by atoms with Crippen molar-refractivity contribution in [3.8, 4) is 0 Å². The fraction of sp³-hybridized carbons (Fsp3) is 1.00. The molecule has 2 heterocycles. The Morgan fingerprint density at radius 1 is 1.33 bits per heavy atom. The molecule has 0 aliphatic carbocycles. The smallest absolute Gasteiger partial charge is 0.150 e. The third kappa shape index (κ3) is 2.21. The van der Waals surface area contributed by atoms with Gasteiger partial charge in [-0.2, -0.15) is 0 Å². The summed E-state index contributed by atoms with van der Waals surface area (Å²) in [4.78, 5) is 0. The van der Waals surface area contributed by atoms with Crippen LogP contribution in [0.3, 0.4) is 0 Å². The molecule has 0 spiro atoms. The second-order valence-corrected chi connectivity index (χ2v) is 7.27. The fourth-order valence-corrected chi connectivity index (χ4v) is 4.70. The van der Waals surface area contributed by atoms with Crippen LogP contribution < -0.4 is 5.32 Å². The summed E-state index contributed by atoms with van der Waals surface area (Å²) in [6, 6.07) is 0. The summed E-state index contributed by atoms with van der Waals surface area (Å²) in [5.74, 6) is 1.39. The Balaban J connectivity index is 2.05. The first-order chi connectivity index (χ1) is 7.08. The molecule has 3 nitrogen and oxygen atoms in total. The van der Waals surface area contributed by atoms with E-state index in [0.29, 0.717) is 17.4 Å². The topological polar surface area (TPSA) is 46.2 Å². The van der Waals surface area contributed by atoms with E-state index < -0.39 is 9.84 Å². The van der Waals surface area contributed by atoms with Gasteiger partial charge in [0.1, 0.15) is 9.84 Å². The molecule has 0 bridgehead atoms. The molecular formula is C11H21NO2S. The lowest BCUT2D eigenvalue weighted by Crippen LogP contribution is -2.49. The van der Waals surface area contributed by atoms with Crippen LogP contribution in [-0.4, -0.2) is 32.0 Å². The Bertz CT molecular complexity index is 303. The van der Waals surface area contributed by atoms with Crippen LogP contribution in [-0.2, 0) is 9.84 Å². The molecule has 1 unspecified atom stereocenters. The lowest BCUT2D eigenvalue weighted by Gasteiger charge is -2.39. The molecule has 2 rings (SSSR count). The van der Waals surface area contributed by atoms with Gasteiger partial charge in [-0.3, -0.25) is 0 Å². The van der Waals surface area contributed by atoms with E-state index in [1.165, 1.54) is 12.8 Å². The Labute approximate surface area is 92.6 Å². The highest BCUT2D eigenvalue weighted by Crippen LogP contribution is 2.37. The maximum Gasteiger partial charge on any atom is 0.150 e. The van der Waals surface area contributed by atoms with Crippen molar-refractivity contribution in [1.29, 1.82) is 0 Å². The van der Waals surface area contributed by atoms with E-state index in [-0.39, 0.29) is 5.54 Å². The zero-order chi connectivity index (χ0) is 10.9. The molecular weight excluding hydrogens is 210 g/mol. The van der Waals surface area contributed by atoms with Gasteiger partial charge in [0.15, 0.2) is 0 Å². The average molecular weight is 231 g/mol. The predicted octanol–water partition coefficient (Wildman–Crippen LogP) is 1.34. The van der Waals surface area contributed by atoms with E-state index in [0.717, 1.165) is 25.8 Å². The number of rotatable bonds is 2. The highest BCUT2D eigenvalue weighted by molar-refractivity contribution is 7.91. The first kappa shape index (κ1) is 11.4. The van der Waals surface area contributed by atoms with Crippen molar-refractivity contribution in [2.75, 3.05) is 18.1 Å². The molecule has 2 fully saturated rings. The largest absolute Gasteiger partial charge is 0.311 e. The molecule has 0 radical (unpaired) electrons. The van der Waals surface area contributed by atoms with Gasteiger partial charge in [0, 0.05) is 5.54 Å². The molecule has 88 valence electrons. The summed E-state index contributed by atoms with van der Waals surface area (Å²) in [6.07, 6.45) is 5.34. The molecule has 15 heavy (non-hydrogen) atoms. The van der Waals surface area contributed by atoms with Gasteiger partial charge in [-0.25, -0.2) is 8.42 Å². The van der Waals surface area contributed by atoms with Gasteiger partial charge < -0.3 is 5.32 Å². The van der Waals surface area contributed by atoms with Gasteiger partial charge >= 0.3 is 0 Å². The number of hydrogen-bond donors (Lipinski definition) is 1. The molecule has 2 saturated heterocycles. The van der Waals surface area contributed by atoms with Crippen LogP contribution in [0.25, 0.3) is 0 Å². The molecule has 0 aromatic carbocycles. The number of nitrogens with one attached hydrogen (secondary N) is 1. The highest BCUT2D eigenvalue weighted by atomic mass is 32.2. The van der Waals surface area contributed by atoms with Crippen LogP contribution in [0.5, 0.6) is 0 Å². The maximum absolute atomic E-state index is 11.4. The van der Waals surface area contributed by atoms with E-state index in [9.17, 15) is 8.42 Å². The van der Waals surface area contributed by atoms with Crippen molar-refractivity contribution < 1.29 is 8.42 Å². The van der Waals surface area contributed by atoms with Gasteiger partial charge in [0.05, 0.1) is 11.5 Å². The van der Waals surface area contributed by atoms with E-state index in [4.69, 9.17) is 0 Å². The molecule has 1 atom stereocenters. The van der Waals surface area contributed by atoms with Gasteiger partial charge in [0.2, 0.25) is 0 Å². The Kier molecular flexibility index (Phi) is 3.08. The second kappa shape index (κ2) is 4.06. The van der Waals surface area contributed by atoms with Crippen molar-refractivity contribution in [3.05, 3.63) is 0 Å². The van der Waals surface area contributed by atoms with Crippen LogP contribution in [0.2, 0.25) is 0 Å². The van der Waals surface area contributed by atoms with Crippen LogP contribution in [0.4, 0.5) is 0 Å². The van der Waals surface area contributed by atoms with Crippen molar-refractivity contribution in [1.82, 2.24) is 5.32 Å². The minimum atomic E-state index is -2.71. The van der Waals surface area contributed by atoms with E-state index >= 15 is 0 Å². The normalized spacial score (nSPS) is 36.9. The standard InChI is InChI=1S/C11H21NO2S/c1-2-11(6-3-7-12-11)10-4-8-15(13,14)9-5-10/h10,12H,2-9H2,1H3. The SMILES string of the molecule is CCC1(C2CCS(=O)(=O)CC2)CCCN1. The molecule has 4 heteroatoms. The van der Waals surface area contributed by atoms with Crippen LogP contribution in [0.15, 0.2) is 0 Å². The molecule has 0 aromatic rings. The summed E-state index contributed by atoms with van der Waals surface area (Å²) < 4.78 is 22.8. The molecule has 0 amide bonds. The summed E-state index contributed by atoms with van der Waals surface area (Å²) >= 11 is 0. The first-order valence-corrected chi connectivity index (χ1v) is 7.85. The summed E-state index contributed by atoms with van der Waals surface area (Å²) in [5, 5.41) is 3.62. The third-order valence-corrected chi connectivity index (χ3v) is 5.96. The highest BCUT2D eigenvalue weighted by Gasteiger charge is 2.41. The second-order valence-electron chi connectivity index (χ2n) is 4.97.